The first-order valence-electron chi connectivity index (χ1n) is 11.5. The molecule has 0 radical (unpaired) electrons. The third kappa shape index (κ3) is 4.40. The molecule has 2 aromatic carbocycles. The molecule has 0 unspecified atom stereocenters. The maximum Gasteiger partial charge on any atom is 0.250 e. The summed E-state index contributed by atoms with van der Waals surface area (Å²) in [5, 5.41) is 12.1. The maximum atomic E-state index is 13.2. The van der Waals surface area contributed by atoms with E-state index in [4.69, 9.17) is 0 Å². The molecule has 2 aliphatic rings. The Morgan fingerprint density at radius 2 is 1.44 bits per heavy atom. The summed E-state index contributed by atoms with van der Waals surface area (Å²) in [6.07, 6.45) is 1.08. The quantitative estimate of drug-likeness (QED) is 0.543. The molecule has 0 bridgehead atoms. The predicted molar refractivity (Wildman–Crippen MR) is 126 cm³/mol. The van der Waals surface area contributed by atoms with Gasteiger partial charge in [-0.1, -0.05) is 41.5 Å². The number of rotatable bonds is 5. The van der Waals surface area contributed by atoms with E-state index in [1.807, 2.05) is 35.2 Å². The van der Waals surface area contributed by atoms with Gasteiger partial charge >= 0.3 is 0 Å². The van der Waals surface area contributed by atoms with E-state index in [1.54, 1.807) is 35.0 Å². The Morgan fingerprint density at radius 1 is 0.824 bits per heavy atom. The van der Waals surface area contributed by atoms with Crippen molar-refractivity contribution in [1.82, 2.24) is 29.4 Å². The van der Waals surface area contributed by atoms with E-state index in [-0.39, 0.29) is 11.8 Å². The monoisotopic (exact) mass is 481 g/mol. The fourth-order valence-electron chi connectivity index (χ4n) is 4.59. The minimum Gasteiger partial charge on any atom is -0.339 e. The predicted octanol–water partition coefficient (Wildman–Crippen LogP) is 1.41. The fourth-order valence-corrected chi connectivity index (χ4v) is 6.08. The molecule has 2 fully saturated rings. The number of para-hydroxylation sites is 1. The van der Waals surface area contributed by atoms with Crippen molar-refractivity contribution in [3.05, 3.63) is 60.7 Å². The number of anilines is 1. The molecule has 2 aliphatic heterocycles. The lowest BCUT2D eigenvalue weighted by Gasteiger charge is -2.38. The first-order chi connectivity index (χ1) is 16.5. The van der Waals surface area contributed by atoms with Crippen molar-refractivity contribution >= 4 is 21.9 Å². The summed E-state index contributed by atoms with van der Waals surface area (Å²) in [5.41, 5.74) is 0.887. The third-order valence-electron chi connectivity index (χ3n) is 6.51. The second-order valence-electron chi connectivity index (χ2n) is 8.53. The van der Waals surface area contributed by atoms with Gasteiger partial charge in [0.1, 0.15) is 0 Å². The van der Waals surface area contributed by atoms with E-state index in [9.17, 15) is 13.2 Å². The summed E-state index contributed by atoms with van der Waals surface area (Å²) < 4.78 is 28.9. The number of piperazine rings is 1. The second-order valence-corrected chi connectivity index (χ2v) is 10.5. The van der Waals surface area contributed by atoms with Crippen LogP contribution in [-0.4, -0.2) is 83.0 Å². The van der Waals surface area contributed by atoms with Crippen LogP contribution in [0.4, 0.5) is 5.95 Å². The number of tetrazole rings is 1. The lowest BCUT2D eigenvalue weighted by atomic mass is 9.96. The molecule has 0 atom stereocenters. The number of amides is 1. The van der Waals surface area contributed by atoms with Crippen LogP contribution in [0.25, 0.3) is 5.69 Å². The second kappa shape index (κ2) is 9.51. The maximum absolute atomic E-state index is 13.2. The van der Waals surface area contributed by atoms with E-state index in [0.717, 1.165) is 5.69 Å². The van der Waals surface area contributed by atoms with Crippen LogP contribution in [0.15, 0.2) is 65.6 Å². The number of hydrogen-bond acceptors (Lipinski definition) is 7. The molecule has 11 heteroatoms. The molecule has 178 valence electrons. The normalized spacial score (nSPS) is 18.2. The zero-order valence-electron chi connectivity index (χ0n) is 18.8. The number of aromatic nitrogens is 4. The van der Waals surface area contributed by atoms with Crippen molar-refractivity contribution in [2.75, 3.05) is 44.2 Å². The Hall–Kier alpha value is -3.31. The third-order valence-corrected chi connectivity index (χ3v) is 8.43. The standard InChI is InChI=1S/C23H27N7O3S/c31-22(19-11-13-29(14-12-19)34(32,33)21-9-5-2-6-10-21)27-15-17-28(18-16-27)23-24-25-26-30(23)20-7-3-1-4-8-20/h1-10,19H,11-18H2. The number of benzene rings is 2. The first kappa shape index (κ1) is 22.5. The average Bonchev–Trinajstić information content (AvgIpc) is 3.40. The van der Waals surface area contributed by atoms with Gasteiger partial charge in [-0.25, -0.2) is 8.42 Å². The van der Waals surface area contributed by atoms with Crippen LogP contribution in [-0.2, 0) is 14.8 Å². The van der Waals surface area contributed by atoms with Gasteiger partial charge in [0.15, 0.2) is 0 Å². The molecule has 0 aliphatic carbocycles. The summed E-state index contributed by atoms with van der Waals surface area (Å²) in [6.45, 7) is 3.17. The van der Waals surface area contributed by atoms with Gasteiger partial charge in [0.25, 0.3) is 0 Å². The van der Waals surface area contributed by atoms with Crippen LogP contribution in [0.2, 0.25) is 0 Å². The van der Waals surface area contributed by atoms with Crippen LogP contribution in [0.3, 0.4) is 0 Å². The van der Waals surface area contributed by atoms with E-state index in [2.05, 4.69) is 20.4 Å². The van der Waals surface area contributed by atoms with Gasteiger partial charge in [0, 0.05) is 45.2 Å². The molecule has 1 amide bonds. The molecule has 2 saturated heterocycles. The topological polar surface area (TPSA) is 105 Å². The van der Waals surface area contributed by atoms with E-state index in [0.29, 0.717) is 63.0 Å². The van der Waals surface area contributed by atoms with Crippen molar-refractivity contribution in [2.24, 2.45) is 5.92 Å². The molecule has 3 aromatic rings. The smallest absolute Gasteiger partial charge is 0.250 e. The minimum absolute atomic E-state index is 0.110. The molecule has 34 heavy (non-hydrogen) atoms. The lowest BCUT2D eigenvalue weighted by molar-refractivity contribution is -0.137. The van der Waals surface area contributed by atoms with E-state index in [1.165, 1.54) is 4.31 Å². The highest BCUT2D eigenvalue weighted by atomic mass is 32.2. The van der Waals surface area contributed by atoms with Gasteiger partial charge in [-0.2, -0.15) is 8.99 Å². The van der Waals surface area contributed by atoms with E-state index < -0.39 is 10.0 Å². The minimum atomic E-state index is -3.51. The Kier molecular flexibility index (Phi) is 6.29. The molecule has 0 N–H and O–H groups in total. The molecule has 0 spiro atoms. The van der Waals surface area contributed by atoms with Crippen LogP contribution in [0, 0.1) is 5.92 Å². The van der Waals surface area contributed by atoms with Crippen molar-refractivity contribution < 1.29 is 13.2 Å². The average molecular weight is 482 g/mol. The Balaban J connectivity index is 1.17. The Bertz CT molecular complexity index is 1220. The number of carbonyl (C=O) groups is 1. The van der Waals surface area contributed by atoms with Gasteiger partial charge in [-0.3, -0.25) is 4.79 Å². The van der Waals surface area contributed by atoms with Gasteiger partial charge in [0.2, 0.25) is 21.9 Å². The highest BCUT2D eigenvalue weighted by Gasteiger charge is 2.35. The number of carbonyl (C=O) groups excluding carboxylic acids is 1. The molecular formula is C23H27N7O3S. The van der Waals surface area contributed by atoms with Crippen molar-refractivity contribution in [2.45, 2.75) is 17.7 Å². The highest BCUT2D eigenvalue weighted by Crippen LogP contribution is 2.26. The fraction of sp³-hybridized carbons (Fsp3) is 0.391. The SMILES string of the molecule is O=C(C1CCN(S(=O)(=O)c2ccccc2)CC1)N1CCN(c2nnnn2-c2ccccc2)CC1. The molecule has 3 heterocycles. The van der Waals surface area contributed by atoms with Crippen molar-refractivity contribution in [1.29, 1.82) is 0 Å². The first-order valence-corrected chi connectivity index (χ1v) is 12.9. The lowest BCUT2D eigenvalue weighted by Crippen LogP contribution is -2.52. The van der Waals surface area contributed by atoms with Crippen LogP contribution in [0.5, 0.6) is 0 Å². The van der Waals surface area contributed by atoms with E-state index >= 15 is 0 Å². The Labute approximate surface area is 198 Å². The zero-order chi connectivity index (χ0) is 23.5. The number of sulfonamides is 1. The van der Waals surface area contributed by atoms with Gasteiger partial charge < -0.3 is 9.80 Å². The van der Waals surface area contributed by atoms with Crippen molar-refractivity contribution in [3.8, 4) is 5.69 Å². The van der Waals surface area contributed by atoms with Crippen LogP contribution >= 0.6 is 0 Å². The molecule has 0 saturated carbocycles. The molecular weight excluding hydrogens is 454 g/mol. The van der Waals surface area contributed by atoms with Gasteiger partial charge in [-0.15, -0.1) is 0 Å². The zero-order valence-corrected chi connectivity index (χ0v) is 19.6. The summed E-state index contributed by atoms with van der Waals surface area (Å²) >= 11 is 0. The highest BCUT2D eigenvalue weighted by molar-refractivity contribution is 7.89. The number of hydrogen-bond donors (Lipinski definition) is 0. The molecule has 10 nitrogen and oxygen atoms in total. The summed E-state index contributed by atoms with van der Waals surface area (Å²) in [5.74, 6) is 0.625. The largest absolute Gasteiger partial charge is 0.339 e. The number of piperidine rings is 1. The summed E-state index contributed by atoms with van der Waals surface area (Å²) in [7, 11) is -3.51. The summed E-state index contributed by atoms with van der Waals surface area (Å²) in [4.78, 5) is 17.4. The van der Waals surface area contributed by atoms with Crippen molar-refractivity contribution in [3.63, 3.8) is 0 Å². The number of nitrogens with zero attached hydrogens (tertiary/aromatic N) is 7. The van der Waals surface area contributed by atoms with Gasteiger partial charge in [-0.05, 0) is 47.5 Å². The summed E-state index contributed by atoms with van der Waals surface area (Å²) in [6, 6.07) is 18.2. The molecule has 1 aromatic heterocycles. The van der Waals surface area contributed by atoms with Crippen LogP contribution < -0.4 is 4.90 Å². The Morgan fingerprint density at radius 3 is 2.09 bits per heavy atom. The van der Waals surface area contributed by atoms with Gasteiger partial charge in [0.05, 0.1) is 10.6 Å². The van der Waals surface area contributed by atoms with Crippen LogP contribution in [0.1, 0.15) is 12.8 Å². The molecule has 5 rings (SSSR count).